The summed E-state index contributed by atoms with van der Waals surface area (Å²) in [5, 5.41) is 2.82. The zero-order valence-electron chi connectivity index (χ0n) is 10.6. The van der Waals surface area contributed by atoms with Gasteiger partial charge in [-0.2, -0.15) is 0 Å². The predicted octanol–water partition coefficient (Wildman–Crippen LogP) is 0.973. The van der Waals surface area contributed by atoms with Crippen LogP contribution >= 0.6 is 0 Å². The zero-order chi connectivity index (χ0) is 13.7. The molecule has 0 saturated carbocycles. The highest BCUT2D eigenvalue weighted by Crippen LogP contribution is 2.21. The number of aromatic amines is 1. The van der Waals surface area contributed by atoms with Crippen molar-refractivity contribution in [2.45, 2.75) is 6.42 Å². The molecule has 2 rings (SSSR count). The van der Waals surface area contributed by atoms with Gasteiger partial charge < -0.3 is 20.8 Å². The molecule has 0 saturated heterocycles. The maximum absolute atomic E-state index is 11.9. The Morgan fingerprint density at radius 3 is 3.00 bits per heavy atom. The normalized spacial score (nSPS) is 10.2. The van der Waals surface area contributed by atoms with Gasteiger partial charge in [-0.25, -0.2) is 4.98 Å². The Labute approximate surface area is 111 Å². The van der Waals surface area contributed by atoms with Gasteiger partial charge in [0.2, 0.25) is 0 Å². The molecule has 0 aliphatic heterocycles. The number of nitrogen functional groups attached to an aromatic ring is 1. The van der Waals surface area contributed by atoms with Crippen LogP contribution in [0.2, 0.25) is 0 Å². The molecule has 4 N–H and O–H groups in total. The molecule has 0 spiro atoms. The van der Waals surface area contributed by atoms with Crippen molar-refractivity contribution in [3.05, 3.63) is 42.0 Å². The van der Waals surface area contributed by atoms with Crippen molar-refractivity contribution in [3.63, 3.8) is 0 Å². The summed E-state index contributed by atoms with van der Waals surface area (Å²) in [6, 6.07) is 4.96. The first-order valence-electron chi connectivity index (χ1n) is 5.89. The Hall–Kier alpha value is -2.50. The minimum atomic E-state index is -0.158. The van der Waals surface area contributed by atoms with Crippen molar-refractivity contribution >= 4 is 11.6 Å². The number of amides is 1. The summed E-state index contributed by atoms with van der Waals surface area (Å²) in [4.78, 5) is 18.8. The van der Waals surface area contributed by atoms with Crippen LogP contribution in [0.3, 0.4) is 0 Å². The Morgan fingerprint density at radius 1 is 1.53 bits per heavy atom. The molecule has 0 atom stereocenters. The fraction of sp³-hybridized carbons (Fsp3) is 0.231. The molecule has 6 nitrogen and oxygen atoms in total. The number of aromatic nitrogens is 2. The van der Waals surface area contributed by atoms with Crippen molar-refractivity contribution < 1.29 is 9.53 Å². The zero-order valence-corrected chi connectivity index (χ0v) is 10.6. The van der Waals surface area contributed by atoms with Crippen LogP contribution in [0.4, 0.5) is 5.69 Å². The smallest absolute Gasteiger partial charge is 0.251 e. The molecule has 1 heterocycles. The molecule has 6 heteroatoms. The largest absolute Gasteiger partial charge is 0.495 e. The molecule has 1 amide bonds. The summed E-state index contributed by atoms with van der Waals surface area (Å²) in [5.74, 6) is 0.405. The van der Waals surface area contributed by atoms with E-state index in [-0.39, 0.29) is 5.91 Å². The van der Waals surface area contributed by atoms with E-state index in [1.54, 1.807) is 30.7 Å². The minimum Gasteiger partial charge on any atom is -0.495 e. The van der Waals surface area contributed by atoms with E-state index in [2.05, 4.69) is 15.3 Å². The van der Waals surface area contributed by atoms with Crippen LogP contribution in [0, 0.1) is 0 Å². The lowest BCUT2D eigenvalue weighted by molar-refractivity contribution is 0.0954. The Balaban J connectivity index is 1.91. The van der Waals surface area contributed by atoms with E-state index in [1.165, 1.54) is 7.11 Å². The van der Waals surface area contributed by atoms with E-state index in [0.717, 1.165) is 5.69 Å². The van der Waals surface area contributed by atoms with E-state index in [9.17, 15) is 4.79 Å². The average Bonchev–Trinajstić information content (AvgIpc) is 2.91. The molecule has 0 aliphatic rings. The molecular formula is C13H16N4O2. The van der Waals surface area contributed by atoms with Gasteiger partial charge >= 0.3 is 0 Å². The first kappa shape index (κ1) is 12.9. The second kappa shape index (κ2) is 5.90. The number of carbonyl (C=O) groups is 1. The lowest BCUT2D eigenvalue weighted by Gasteiger charge is -2.07. The third kappa shape index (κ3) is 3.25. The number of ether oxygens (including phenoxy) is 1. The van der Waals surface area contributed by atoms with Gasteiger partial charge in [0.1, 0.15) is 5.75 Å². The van der Waals surface area contributed by atoms with Crippen molar-refractivity contribution in [3.8, 4) is 5.75 Å². The molecule has 19 heavy (non-hydrogen) atoms. The summed E-state index contributed by atoms with van der Waals surface area (Å²) in [7, 11) is 1.54. The maximum Gasteiger partial charge on any atom is 0.251 e. The first-order valence-corrected chi connectivity index (χ1v) is 5.89. The standard InChI is InChI=1S/C13H16N4O2/c1-19-12-3-2-9(6-11(12)14)13(18)16-5-4-10-7-15-8-17-10/h2-3,6-8H,4-5,14H2,1H3,(H,15,17)(H,16,18). The average molecular weight is 260 g/mol. The lowest BCUT2D eigenvalue weighted by Crippen LogP contribution is -2.25. The molecule has 0 fully saturated rings. The van der Waals surface area contributed by atoms with Gasteiger partial charge in [0.25, 0.3) is 5.91 Å². The number of hydrogen-bond acceptors (Lipinski definition) is 4. The number of methoxy groups -OCH3 is 1. The maximum atomic E-state index is 11.9. The van der Waals surface area contributed by atoms with Gasteiger partial charge in [-0.3, -0.25) is 4.79 Å². The number of H-pyrrole nitrogens is 1. The molecule has 2 aromatic rings. The van der Waals surface area contributed by atoms with Crippen molar-refractivity contribution in [2.75, 3.05) is 19.4 Å². The summed E-state index contributed by atoms with van der Waals surface area (Å²) >= 11 is 0. The van der Waals surface area contributed by atoms with E-state index in [1.807, 2.05) is 0 Å². The highest BCUT2D eigenvalue weighted by Gasteiger charge is 2.08. The Kier molecular flexibility index (Phi) is 4.02. The summed E-state index contributed by atoms with van der Waals surface area (Å²) in [6.07, 6.45) is 4.05. The number of nitrogens with zero attached hydrogens (tertiary/aromatic N) is 1. The molecule has 1 aromatic carbocycles. The SMILES string of the molecule is COc1ccc(C(=O)NCCc2cnc[nH]2)cc1N. The van der Waals surface area contributed by atoms with Crippen LogP contribution in [0.15, 0.2) is 30.7 Å². The van der Waals surface area contributed by atoms with Crippen LogP contribution in [-0.4, -0.2) is 29.5 Å². The minimum absolute atomic E-state index is 0.158. The van der Waals surface area contributed by atoms with Gasteiger partial charge in [0.15, 0.2) is 0 Å². The van der Waals surface area contributed by atoms with Gasteiger partial charge in [-0.15, -0.1) is 0 Å². The third-order valence-corrected chi connectivity index (χ3v) is 2.73. The summed E-state index contributed by atoms with van der Waals surface area (Å²) in [5.41, 5.74) is 7.70. The molecule has 100 valence electrons. The fourth-order valence-corrected chi connectivity index (χ4v) is 1.71. The van der Waals surface area contributed by atoms with E-state index >= 15 is 0 Å². The van der Waals surface area contributed by atoms with Gasteiger partial charge in [0.05, 0.1) is 19.1 Å². The molecule has 0 aliphatic carbocycles. The number of benzene rings is 1. The lowest BCUT2D eigenvalue weighted by atomic mass is 10.1. The van der Waals surface area contributed by atoms with Crippen LogP contribution in [-0.2, 0) is 6.42 Å². The van der Waals surface area contributed by atoms with Crippen LogP contribution in [0.25, 0.3) is 0 Å². The summed E-state index contributed by atoms with van der Waals surface area (Å²) in [6.45, 7) is 0.535. The first-order chi connectivity index (χ1) is 9.20. The Morgan fingerprint density at radius 2 is 2.37 bits per heavy atom. The van der Waals surface area contributed by atoms with Gasteiger partial charge in [-0.05, 0) is 18.2 Å². The number of imidazole rings is 1. The summed E-state index contributed by atoms with van der Waals surface area (Å²) < 4.78 is 5.04. The van der Waals surface area contributed by atoms with Crippen molar-refractivity contribution in [2.24, 2.45) is 0 Å². The van der Waals surface area contributed by atoms with Gasteiger partial charge in [0, 0.05) is 30.4 Å². The topological polar surface area (TPSA) is 93.0 Å². The molecule has 0 unspecified atom stereocenters. The number of carbonyl (C=O) groups excluding carboxylic acids is 1. The van der Waals surface area contributed by atoms with Crippen molar-refractivity contribution in [1.29, 1.82) is 0 Å². The third-order valence-electron chi connectivity index (χ3n) is 2.73. The van der Waals surface area contributed by atoms with E-state index in [4.69, 9.17) is 10.5 Å². The highest BCUT2D eigenvalue weighted by atomic mass is 16.5. The van der Waals surface area contributed by atoms with Crippen LogP contribution < -0.4 is 15.8 Å². The number of nitrogens with one attached hydrogen (secondary N) is 2. The molecule has 0 bridgehead atoms. The number of nitrogens with two attached hydrogens (primary N) is 1. The van der Waals surface area contributed by atoms with Crippen LogP contribution in [0.1, 0.15) is 16.1 Å². The van der Waals surface area contributed by atoms with E-state index < -0.39 is 0 Å². The van der Waals surface area contributed by atoms with Gasteiger partial charge in [-0.1, -0.05) is 0 Å². The quantitative estimate of drug-likeness (QED) is 0.698. The predicted molar refractivity (Wildman–Crippen MR) is 72.0 cm³/mol. The van der Waals surface area contributed by atoms with Crippen LogP contribution in [0.5, 0.6) is 5.75 Å². The van der Waals surface area contributed by atoms with Crippen molar-refractivity contribution in [1.82, 2.24) is 15.3 Å². The number of hydrogen-bond donors (Lipinski definition) is 3. The second-order valence-corrected chi connectivity index (χ2v) is 4.04. The highest BCUT2D eigenvalue weighted by molar-refractivity contribution is 5.95. The monoisotopic (exact) mass is 260 g/mol. The molecule has 0 radical (unpaired) electrons. The van der Waals surface area contributed by atoms with E-state index in [0.29, 0.717) is 30.0 Å². The number of anilines is 1. The fourth-order valence-electron chi connectivity index (χ4n) is 1.71. The molecule has 1 aromatic heterocycles. The second-order valence-electron chi connectivity index (χ2n) is 4.04. The Bertz CT molecular complexity index is 552. The number of rotatable bonds is 5. The molecular weight excluding hydrogens is 244 g/mol.